The van der Waals surface area contributed by atoms with Crippen LogP contribution in [0.1, 0.15) is 41.0 Å². The first kappa shape index (κ1) is 20.5. The van der Waals surface area contributed by atoms with E-state index in [1.807, 2.05) is 20.8 Å². The van der Waals surface area contributed by atoms with E-state index < -0.39 is 0 Å². The Bertz CT molecular complexity index is 253. The summed E-state index contributed by atoms with van der Waals surface area (Å²) < 4.78 is 5.27. The Morgan fingerprint density at radius 3 is 1.74 bits per heavy atom. The first-order chi connectivity index (χ1) is 8.85. The van der Waals surface area contributed by atoms with Crippen LogP contribution in [-0.4, -0.2) is 50.5 Å². The van der Waals surface area contributed by atoms with Gasteiger partial charge in [-0.25, -0.2) is 0 Å². The van der Waals surface area contributed by atoms with Gasteiger partial charge in [-0.05, 0) is 48.2 Å². The van der Waals surface area contributed by atoms with Crippen LogP contribution in [-0.2, 0) is 14.3 Å². The number of hydrogen-bond donors (Lipinski definition) is 2. The molecule has 0 saturated carbocycles. The van der Waals surface area contributed by atoms with E-state index in [0.717, 1.165) is 6.42 Å². The summed E-state index contributed by atoms with van der Waals surface area (Å²) in [4.78, 5) is 21.5. The van der Waals surface area contributed by atoms with Crippen molar-refractivity contribution in [1.82, 2.24) is 10.6 Å². The summed E-state index contributed by atoms with van der Waals surface area (Å²) in [5, 5.41) is 5.81. The second-order valence-corrected chi connectivity index (χ2v) is 4.40. The Hall–Kier alpha value is -0.780. The molecule has 0 aromatic carbocycles. The van der Waals surface area contributed by atoms with Crippen LogP contribution in [0.4, 0.5) is 0 Å². The number of rotatable bonds is 8. The molecule has 2 N–H and O–H groups in total. The second-order valence-electron chi connectivity index (χ2n) is 4.40. The maximum absolute atomic E-state index is 10.9. The molecule has 0 aliphatic rings. The van der Waals surface area contributed by atoms with E-state index in [-0.39, 0.29) is 29.8 Å². The molecule has 0 fully saturated rings. The van der Waals surface area contributed by atoms with Gasteiger partial charge < -0.3 is 15.4 Å². The lowest BCUT2D eigenvalue weighted by atomic mass is 10.1. The monoisotopic (exact) mass is 274 g/mol. The second kappa shape index (κ2) is 12.3. The van der Waals surface area contributed by atoms with Gasteiger partial charge in [0.25, 0.3) is 0 Å². The largest absolute Gasteiger partial charge is 0.377 e. The first-order valence-corrected chi connectivity index (χ1v) is 6.82. The predicted molar refractivity (Wildman–Crippen MR) is 78.4 cm³/mol. The van der Waals surface area contributed by atoms with Crippen LogP contribution in [0.3, 0.4) is 0 Å². The van der Waals surface area contributed by atoms with Crippen molar-refractivity contribution >= 4 is 11.6 Å². The molecule has 0 amide bonds. The molecule has 0 saturated heterocycles. The summed E-state index contributed by atoms with van der Waals surface area (Å²) in [5.74, 6) is 0.337. The lowest BCUT2D eigenvalue weighted by Gasteiger charge is -2.20. The van der Waals surface area contributed by atoms with Crippen molar-refractivity contribution in [3.8, 4) is 0 Å². The Morgan fingerprint density at radius 2 is 1.58 bits per heavy atom. The Morgan fingerprint density at radius 1 is 1.05 bits per heavy atom. The lowest BCUT2D eigenvalue weighted by molar-refractivity contribution is -0.122. The van der Waals surface area contributed by atoms with Crippen LogP contribution in [0.25, 0.3) is 0 Å². The topological polar surface area (TPSA) is 67.4 Å². The van der Waals surface area contributed by atoms with Crippen molar-refractivity contribution in [2.45, 2.75) is 59.2 Å². The molecule has 0 spiro atoms. The van der Waals surface area contributed by atoms with Crippen molar-refractivity contribution in [3.05, 3.63) is 0 Å². The van der Waals surface area contributed by atoms with Crippen LogP contribution < -0.4 is 10.6 Å². The van der Waals surface area contributed by atoms with Crippen molar-refractivity contribution in [3.63, 3.8) is 0 Å². The molecular formula is C14H30N2O3. The van der Waals surface area contributed by atoms with Crippen molar-refractivity contribution in [2.75, 3.05) is 20.7 Å². The van der Waals surface area contributed by atoms with Gasteiger partial charge in [0.05, 0.1) is 18.2 Å². The average molecular weight is 274 g/mol. The smallest absolute Gasteiger partial charge is 0.149 e. The SMILES string of the molecule is CCC(NC)C(C)=O.CCOC(C)C(NC)C(C)=O. The lowest BCUT2D eigenvalue weighted by Crippen LogP contribution is -2.42. The summed E-state index contributed by atoms with van der Waals surface area (Å²) >= 11 is 0. The van der Waals surface area contributed by atoms with Gasteiger partial charge in [-0.2, -0.15) is 0 Å². The third-order valence-corrected chi connectivity index (χ3v) is 2.90. The highest BCUT2D eigenvalue weighted by molar-refractivity contribution is 5.82. The quantitative estimate of drug-likeness (QED) is 0.695. The van der Waals surface area contributed by atoms with Crippen molar-refractivity contribution in [1.29, 1.82) is 0 Å². The fraction of sp³-hybridized carbons (Fsp3) is 0.857. The minimum atomic E-state index is -0.171. The molecule has 0 aromatic heterocycles. The summed E-state index contributed by atoms with van der Waals surface area (Å²) in [7, 11) is 3.57. The number of carbonyl (C=O) groups excluding carboxylic acids is 2. The predicted octanol–water partition coefficient (Wildman–Crippen LogP) is 1.16. The third-order valence-electron chi connectivity index (χ3n) is 2.90. The molecular weight excluding hydrogens is 244 g/mol. The number of ether oxygens (including phenoxy) is 1. The minimum Gasteiger partial charge on any atom is -0.377 e. The van der Waals surface area contributed by atoms with Crippen molar-refractivity contribution in [2.24, 2.45) is 0 Å². The first-order valence-electron chi connectivity index (χ1n) is 6.82. The molecule has 114 valence electrons. The Labute approximate surface area is 117 Å². The zero-order chi connectivity index (χ0) is 15.4. The molecule has 0 rings (SSSR count). The summed E-state index contributed by atoms with van der Waals surface area (Å²) in [6.45, 7) is 9.62. The van der Waals surface area contributed by atoms with Gasteiger partial charge >= 0.3 is 0 Å². The molecule has 19 heavy (non-hydrogen) atoms. The Balaban J connectivity index is 0. The van der Waals surface area contributed by atoms with E-state index in [9.17, 15) is 9.59 Å². The van der Waals surface area contributed by atoms with Crippen LogP contribution in [0.2, 0.25) is 0 Å². The summed E-state index contributed by atoms with van der Waals surface area (Å²) in [6, 6.07) is -0.107. The van der Waals surface area contributed by atoms with E-state index in [4.69, 9.17) is 4.74 Å². The third kappa shape index (κ3) is 9.76. The van der Waals surface area contributed by atoms with E-state index in [0.29, 0.717) is 6.61 Å². The van der Waals surface area contributed by atoms with E-state index >= 15 is 0 Å². The van der Waals surface area contributed by atoms with E-state index in [2.05, 4.69) is 10.6 Å². The molecule has 0 aliphatic carbocycles. The van der Waals surface area contributed by atoms with E-state index in [1.54, 1.807) is 27.9 Å². The number of ketones is 2. The van der Waals surface area contributed by atoms with Gasteiger partial charge in [-0.1, -0.05) is 6.92 Å². The van der Waals surface area contributed by atoms with Crippen molar-refractivity contribution < 1.29 is 14.3 Å². The summed E-state index contributed by atoms with van der Waals surface area (Å²) in [5.41, 5.74) is 0. The highest BCUT2D eigenvalue weighted by Crippen LogP contribution is 1.99. The molecule has 0 bridgehead atoms. The van der Waals surface area contributed by atoms with Gasteiger partial charge in [0, 0.05) is 6.61 Å². The minimum absolute atomic E-state index is 0.0394. The van der Waals surface area contributed by atoms with E-state index in [1.165, 1.54) is 0 Å². The molecule has 5 heteroatoms. The van der Waals surface area contributed by atoms with Gasteiger partial charge in [0.2, 0.25) is 0 Å². The molecule has 0 radical (unpaired) electrons. The molecule has 0 heterocycles. The molecule has 3 atom stereocenters. The average Bonchev–Trinajstić information content (AvgIpc) is 2.31. The van der Waals surface area contributed by atoms with Gasteiger partial charge in [-0.15, -0.1) is 0 Å². The molecule has 0 aliphatic heterocycles. The maximum Gasteiger partial charge on any atom is 0.149 e. The molecule has 5 nitrogen and oxygen atoms in total. The van der Waals surface area contributed by atoms with Gasteiger partial charge in [0.1, 0.15) is 11.6 Å². The fourth-order valence-electron chi connectivity index (χ4n) is 1.82. The van der Waals surface area contributed by atoms with Gasteiger partial charge in [0.15, 0.2) is 0 Å². The Kier molecular flexibility index (Phi) is 13.3. The zero-order valence-electron chi connectivity index (χ0n) is 13.4. The van der Waals surface area contributed by atoms with Crippen LogP contribution in [0, 0.1) is 0 Å². The molecule has 3 unspecified atom stereocenters. The number of likely N-dealkylation sites (N-methyl/N-ethyl adjacent to an activating group) is 2. The van der Waals surface area contributed by atoms with Crippen LogP contribution >= 0.6 is 0 Å². The number of Topliss-reactive ketones (excluding diaryl/α,β-unsaturated/α-hetero) is 2. The number of nitrogens with one attached hydrogen (secondary N) is 2. The molecule has 0 aromatic rings. The van der Waals surface area contributed by atoms with Gasteiger partial charge in [-0.3, -0.25) is 9.59 Å². The highest BCUT2D eigenvalue weighted by Gasteiger charge is 2.19. The number of hydrogen-bond acceptors (Lipinski definition) is 5. The van der Waals surface area contributed by atoms with Crippen LogP contribution in [0.5, 0.6) is 0 Å². The standard InChI is InChI=1S/C8H17NO2.C6H13NO/c1-5-11-7(3)8(9-4)6(2)10;1-4-6(7-3)5(2)8/h7-9H,5H2,1-4H3;6-7H,4H2,1-3H3. The van der Waals surface area contributed by atoms with Crippen LogP contribution in [0.15, 0.2) is 0 Å². The normalized spacial score (nSPS) is 14.9. The number of carbonyl (C=O) groups is 2. The summed E-state index contributed by atoms with van der Waals surface area (Å²) in [6.07, 6.45) is 0.841. The maximum atomic E-state index is 10.9. The zero-order valence-corrected chi connectivity index (χ0v) is 13.4. The highest BCUT2D eigenvalue weighted by atomic mass is 16.5. The fourth-order valence-corrected chi connectivity index (χ4v) is 1.82.